The van der Waals surface area contributed by atoms with Crippen LogP contribution in [0.5, 0.6) is 0 Å². The van der Waals surface area contributed by atoms with Crippen LogP contribution in [-0.2, 0) is 4.74 Å². The average Bonchev–Trinajstić information content (AvgIpc) is 2.02. The molecule has 0 heterocycles. The summed E-state index contributed by atoms with van der Waals surface area (Å²) < 4.78 is 5.86. The third kappa shape index (κ3) is 3.07. The van der Waals surface area contributed by atoms with E-state index in [-0.39, 0.29) is 5.60 Å². The first-order valence-corrected chi connectivity index (χ1v) is 6.03. The fourth-order valence-electron chi connectivity index (χ4n) is 2.84. The van der Waals surface area contributed by atoms with Crippen molar-refractivity contribution in [3.63, 3.8) is 0 Å². The lowest BCUT2D eigenvalue weighted by molar-refractivity contribution is -0.0524. The zero-order valence-electron chi connectivity index (χ0n) is 11.7. The molecule has 0 aromatic heterocycles. The molecule has 0 aliphatic heterocycles. The van der Waals surface area contributed by atoms with E-state index >= 15 is 0 Å². The van der Waals surface area contributed by atoms with Gasteiger partial charge in [-0.15, -0.1) is 0 Å². The summed E-state index contributed by atoms with van der Waals surface area (Å²) in [7, 11) is 1.83. The summed E-state index contributed by atoms with van der Waals surface area (Å²) in [5.41, 5.74) is 1.26. The van der Waals surface area contributed by atoms with E-state index < -0.39 is 0 Å². The minimum atomic E-state index is -0.107. The summed E-state index contributed by atoms with van der Waals surface area (Å²) in [4.78, 5) is 0. The molecular weight excluding hydrogens is 184 g/mol. The lowest BCUT2D eigenvalue weighted by atomic mass is 9.74. The normalized spacial score (nSPS) is 14.5. The van der Waals surface area contributed by atoms with Crippen molar-refractivity contribution in [1.29, 1.82) is 0 Å². The molecule has 1 heteroatoms. The molecule has 0 aromatic carbocycles. The van der Waals surface area contributed by atoms with Crippen molar-refractivity contribution < 1.29 is 4.74 Å². The van der Waals surface area contributed by atoms with Gasteiger partial charge in [0, 0.05) is 7.11 Å². The van der Waals surface area contributed by atoms with Gasteiger partial charge in [0.2, 0.25) is 0 Å². The number of hydrogen-bond acceptors (Lipinski definition) is 1. The molecule has 0 saturated heterocycles. The number of ether oxygens (including phenoxy) is 1. The summed E-state index contributed by atoms with van der Waals surface area (Å²) in [6.07, 6.45) is 2.32. The summed E-state index contributed by atoms with van der Waals surface area (Å²) in [6.45, 7) is 15.6. The zero-order valence-corrected chi connectivity index (χ0v) is 11.7. The summed E-state index contributed by atoms with van der Waals surface area (Å²) in [5.74, 6) is 1.58. The molecule has 15 heavy (non-hydrogen) atoms. The number of allylic oxidation sites excluding steroid dienone is 1. The Morgan fingerprint density at radius 3 is 1.60 bits per heavy atom. The van der Waals surface area contributed by atoms with Crippen molar-refractivity contribution >= 4 is 0 Å². The Kier molecular flexibility index (Phi) is 5.58. The van der Waals surface area contributed by atoms with E-state index in [4.69, 9.17) is 4.74 Å². The van der Waals surface area contributed by atoms with Gasteiger partial charge in [0.25, 0.3) is 0 Å². The Bertz CT molecular complexity index is 203. The van der Waals surface area contributed by atoms with Crippen LogP contribution in [0.4, 0.5) is 0 Å². The third-order valence-electron chi connectivity index (χ3n) is 3.25. The molecule has 0 aliphatic carbocycles. The fraction of sp³-hybridized carbons (Fsp3) is 0.857. The van der Waals surface area contributed by atoms with E-state index in [0.29, 0.717) is 17.8 Å². The predicted octanol–water partition coefficient (Wildman–Crippen LogP) is 4.29. The quantitative estimate of drug-likeness (QED) is 0.618. The minimum Gasteiger partial charge on any atom is -0.373 e. The first-order valence-electron chi connectivity index (χ1n) is 6.03. The topological polar surface area (TPSA) is 9.23 Å². The molecule has 0 bridgehead atoms. The monoisotopic (exact) mass is 212 g/mol. The van der Waals surface area contributed by atoms with E-state index in [9.17, 15) is 0 Å². The second-order valence-electron chi connectivity index (χ2n) is 5.40. The van der Waals surface area contributed by atoms with Gasteiger partial charge < -0.3 is 4.74 Å². The van der Waals surface area contributed by atoms with E-state index in [1.54, 1.807) is 0 Å². The van der Waals surface area contributed by atoms with Crippen LogP contribution in [0, 0.1) is 17.8 Å². The number of hydrogen-bond donors (Lipinski definition) is 0. The standard InChI is InChI=1S/C14H28O/c1-10(2)9-13(7)14(15-8,11(3)4)12(5)6/h9-12H,1-8H3/b13-9+. The van der Waals surface area contributed by atoms with Gasteiger partial charge in [0.1, 0.15) is 0 Å². The molecule has 0 amide bonds. The molecule has 0 N–H and O–H groups in total. The second-order valence-corrected chi connectivity index (χ2v) is 5.40. The van der Waals surface area contributed by atoms with E-state index in [2.05, 4.69) is 54.5 Å². The third-order valence-corrected chi connectivity index (χ3v) is 3.25. The molecule has 0 unspecified atom stereocenters. The van der Waals surface area contributed by atoms with Crippen LogP contribution in [0.2, 0.25) is 0 Å². The van der Waals surface area contributed by atoms with Crippen molar-refractivity contribution in [1.82, 2.24) is 0 Å². The average molecular weight is 212 g/mol. The molecule has 0 aliphatic rings. The zero-order chi connectivity index (χ0) is 12.2. The summed E-state index contributed by atoms with van der Waals surface area (Å²) >= 11 is 0. The molecule has 0 fully saturated rings. The molecule has 0 spiro atoms. The minimum absolute atomic E-state index is 0.107. The molecule has 0 atom stereocenters. The maximum Gasteiger partial charge on any atom is 0.0930 e. The number of methoxy groups -OCH3 is 1. The Morgan fingerprint density at radius 1 is 1.00 bits per heavy atom. The predicted molar refractivity (Wildman–Crippen MR) is 68.0 cm³/mol. The van der Waals surface area contributed by atoms with Crippen LogP contribution in [0.15, 0.2) is 11.6 Å². The van der Waals surface area contributed by atoms with Crippen LogP contribution in [-0.4, -0.2) is 12.7 Å². The largest absolute Gasteiger partial charge is 0.373 e. The van der Waals surface area contributed by atoms with Gasteiger partial charge in [-0.3, -0.25) is 0 Å². The van der Waals surface area contributed by atoms with Crippen molar-refractivity contribution in [3.05, 3.63) is 11.6 Å². The Morgan fingerprint density at radius 2 is 1.40 bits per heavy atom. The molecular formula is C14H28O. The second kappa shape index (κ2) is 5.69. The fourth-order valence-corrected chi connectivity index (χ4v) is 2.84. The van der Waals surface area contributed by atoms with Crippen molar-refractivity contribution in [2.24, 2.45) is 17.8 Å². The molecule has 0 radical (unpaired) electrons. The first kappa shape index (κ1) is 14.7. The highest BCUT2D eigenvalue weighted by molar-refractivity contribution is 5.18. The lowest BCUT2D eigenvalue weighted by Crippen LogP contribution is -2.44. The van der Waals surface area contributed by atoms with E-state index in [0.717, 1.165) is 0 Å². The van der Waals surface area contributed by atoms with Crippen molar-refractivity contribution in [3.8, 4) is 0 Å². The smallest absolute Gasteiger partial charge is 0.0930 e. The maximum absolute atomic E-state index is 5.86. The highest BCUT2D eigenvalue weighted by Crippen LogP contribution is 2.37. The lowest BCUT2D eigenvalue weighted by Gasteiger charge is -2.41. The molecule has 0 rings (SSSR count). The van der Waals surface area contributed by atoms with E-state index in [1.165, 1.54) is 5.57 Å². The Labute approximate surface area is 95.9 Å². The molecule has 90 valence electrons. The van der Waals surface area contributed by atoms with Gasteiger partial charge in [-0.25, -0.2) is 0 Å². The van der Waals surface area contributed by atoms with Crippen LogP contribution < -0.4 is 0 Å². The van der Waals surface area contributed by atoms with Crippen LogP contribution in [0.1, 0.15) is 48.5 Å². The Balaban J connectivity index is 5.26. The summed E-state index contributed by atoms with van der Waals surface area (Å²) in [5, 5.41) is 0. The maximum atomic E-state index is 5.86. The highest BCUT2D eigenvalue weighted by atomic mass is 16.5. The first-order chi connectivity index (χ1) is 6.78. The van der Waals surface area contributed by atoms with Crippen LogP contribution in [0.25, 0.3) is 0 Å². The molecule has 0 aromatic rings. The molecule has 1 nitrogen and oxygen atoms in total. The Hall–Kier alpha value is -0.300. The van der Waals surface area contributed by atoms with Gasteiger partial charge >= 0.3 is 0 Å². The summed E-state index contributed by atoms with van der Waals surface area (Å²) in [6, 6.07) is 0. The van der Waals surface area contributed by atoms with Crippen LogP contribution in [0.3, 0.4) is 0 Å². The van der Waals surface area contributed by atoms with Crippen molar-refractivity contribution in [2.45, 2.75) is 54.1 Å². The SMILES string of the molecule is COC(/C(C)=C/C(C)C)(C(C)C)C(C)C. The number of rotatable bonds is 5. The highest BCUT2D eigenvalue weighted by Gasteiger charge is 2.38. The van der Waals surface area contributed by atoms with Gasteiger partial charge in [0.05, 0.1) is 5.60 Å². The van der Waals surface area contributed by atoms with Gasteiger partial charge in [-0.2, -0.15) is 0 Å². The van der Waals surface area contributed by atoms with E-state index in [1.807, 2.05) is 7.11 Å². The molecule has 0 saturated carbocycles. The van der Waals surface area contributed by atoms with Gasteiger partial charge in [-0.05, 0) is 30.3 Å². The van der Waals surface area contributed by atoms with Gasteiger partial charge in [0.15, 0.2) is 0 Å². The van der Waals surface area contributed by atoms with Gasteiger partial charge in [-0.1, -0.05) is 47.6 Å². The van der Waals surface area contributed by atoms with Crippen LogP contribution >= 0.6 is 0 Å². The van der Waals surface area contributed by atoms with Crippen molar-refractivity contribution in [2.75, 3.05) is 7.11 Å².